The SMILES string of the molecule is Fc1cnc(Nc2ccc(N3CCNCC3)cn2)nc1-c1ccc2nccnc2c1. The van der Waals surface area contributed by atoms with Crippen LogP contribution in [0.3, 0.4) is 0 Å². The largest absolute Gasteiger partial charge is 0.368 e. The molecule has 4 heterocycles. The number of hydrogen-bond donors (Lipinski definition) is 2. The van der Waals surface area contributed by atoms with Gasteiger partial charge in [-0.3, -0.25) is 9.97 Å². The number of pyridine rings is 1. The van der Waals surface area contributed by atoms with Gasteiger partial charge >= 0.3 is 0 Å². The molecule has 0 saturated carbocycles. The van der Waals surface area contributed by atoms with Crippen LogP contribution in [0.1, 0.15) is 0 Å². The van der Waals surface area contributed by atoms with Crippen molar-refractivity contribution >= 4 is 28.5 Å². The third kappa shape index (κ3) is 3.74. The maximum absolute atomic E-state index is 14.4. The van der Waals surface area contributed by atoms with Crippen LogP contribution in [0.4, 0.5) is 21.8 Å². The highest BCUT2D eigenvalue weighted by molar-refractivity contribution is 5.80. The maximum Gasteiger partial charge on any atom is 0.229 e. The second-order valence-electron chi connectivity index (χ2n) is 6.91. The summed E-state index contributed by atoms with van der Waals surface area (Å²) in [5, 5.41) is 6.38. The zero-order chi connectivity index (χ0) is 20.3. The minimum atomic E-state index is -0.509. The van der Waals surface area contributed by atoms with E-state index in [2.05, 4.69) is 40.5 Å². The molecular formula is C21H19FN8. The molecule has 8 nitrogen and oxygen atoms in total. The fourth-order valence-electron chi connectivity index (χ4n) is 3.43. The van der Waals surface area contributed by atoms with Crippen LogP contribution in [-0.4, -0.2) is 51.1 Å². The molecule has 5 rings (SSSR count). The second kappa shape index (κ2) is 7.96. The molecule has 1 fully saturated rings. The summed E-state index contributed by atoms with van der Waals surface area (Å²) in [5.41, 5.74) is 3.28. The predicted molar refractivity (Wildman–Crippen MR) is 113 cm³/mol. The molecule has 1 saturated heterocycles. The van der Waals surface area contributed by atoms with E-state index in [1.165, 1.54) is 0 Å². The van der Waals surface area contributed by atoms with Gasteiger partial charge < -0.3 is 15.5 Å². The summed E-state index contributed by atoms with van der Waals surface area (Å²) in [4.78, 5) is 23.6. The summed E-state index contributed by atoms with van der Waals surface area (Å²) in [7, 11) is 0. The average molecular weight is 402 g/mol. The minimum absolute atomic E-state index is 0.192. The Morgan fingerprint density at radius 2 is 1.73 bits per heavy atom. The van der Waals surface area contributed by atoms with Gasteiger partial charge in [0, 0.05) is 44.1 Å². The fraction of sp³-hybridized carbons (Fsp3) is 0.190. The molecule has 0 amide bonds. The van der Waals surface area contributed by atoms with Gasteiger partial charge in [-0.05, 0) is 24.3 Å². The normalized spacial score (nSPS) is 14.1. The van der Waals surface area contributed by atoms with Crippen molar-refractivity contribution in [1.29, 1.82) is 0 Å². The van der Waals surface area contributed by atoms with Gasteiger partial charge in [0.15, 0.2) is 5.82 Å². The molecule has 4 aromatic rings. The number of hydrogen-bond acceptors (Lipinski definition) is 8. The first-order valence-electron chi connectivity index (χ1n) is 9.69. The Labute approximate surface area is 172 Å². The molecule has 3 aromatic heterocycles. The Morgan fingerprint density at radius 3 is 2.53 bits per heavy atom. The average Bonchev–Trinajstić information content (AvgIpc) is 2.81. The van der Waals surface area contributed by atoms with Crippen LogP contribution in [0.5, 0.6) is 0 Å². The molecule has 150 valence electrons. The Kier molecular flexibility index (Phi) is 4.86. The van der Waals surface area contributed by atoms with Crippen LogP contribution in [0.15, 0.2) is 55.1 Å². The molecule has 1 aliphatic rings. The lowest BCUT2D eigenvalue weighted by Gasteiger charge is -2.29. The number of halogens is 1. The predicted octanol–water partition coefficient (Wildman–Crippen LogP) is 2.77. The highest BCUT2D eigenvalue weighted by Gasteiger charge is 2.13. The molecule has 1 aromatic carbocycles. The number of anilines is 3. The van der Waals surface area contributed by atoms with Crippen LogP contribution < -0.4 is 15.5 Å². The van der Waals surface area contributed by atoms with E-state index in [4.69, 9.17) is 0 Å². The third-order valence-electron chi connectivity index (χ3n) is 4.96. The molecule has 30 heavy (non-hydrogen) atoms. The molecule has 0 bridgehead atoms. The number of nitrogens with one attached hydrogen (secondary N) is 2. The van der Waals surface area contributed by atoms with Crippen molar-refractivity contribution in [1.82, 2.24) is 30.2 Å². The van der Waals surface area contributed by atoms with Crippen molar-refractivity contribution in [3.63, 3.8) is 0 Å². The minimum Gasteiger partial charge on any atom is -0.368 e. The standard InChI is InChI=1S/C21H19FN8/c22-16-13-27-21(28-19-4-2-15(12-26-19)30-9-7-23-8-10-30)29-20(16)14-1-3-17-18(11-14)25-6-5-24-17/h1-6,11-13,23H,7-10H2,(H,26,27,28,29). The summed E-state index contributed by atoms with van der Waals surface area (Å²) >= 11 is 0. The Balaban J connectivity index is 1.39. The Morgan fingerprint density at radius 1 is 0.900 bits per heavy atom. The van der Waals surface area contributed by atoms with Crippen molar-refractivity contribution < 1.29 is 4.39 Å². The second-order valence-corrected chi connectivity index (χ2v) is 6.91. The Hall–Kier alpha value is -3.72. The highest BCUT2D eigenvalue weighted by atomic mass is 19.1. The Bertz CT molecular complexity index is 1180. The first kappa shape index (κ1) is 18.3. The lowest BCUT2D eigenvalue weighted by atomic mass is 10.1. The van der Waals surface area contributed by atoms with E-state index in [1.54, 1.807) is 30.6 Å². The quantitative estimate of drug-likeness (QED) is 0.538. The monoisotopic (exact) mass is 402 g/mol. The van der Waals surface area contributed by atoms with Crippen LogP contribution in [-0.2, 0) is 0 Å². The summed E-state index contributed by atoms with van der Waals surface area (Å²) < 4.78 is 14.4. The topological polar surface area (TPSA) is 91.8 Å². The van der Waals surface area contributed by atoms with Crippen molar-refractivity contribution in [2.75, 3.05) is 36.4 Å². The molecule has 2 N–H and O–H groups in total. The number of aromatic nitrogens is 5. The fourth-order valence-corrected chi connectivity index (χ4v) is 3.43. The van der Waals surface area contributed by atoms with Crippen molar-refractivity contribution in [2.24, 2.45) is 0 Å². The lowest BCUT2D eigenvalue weighted by Crippen LogP contribution is -2.43. The summed E-state index contributed by atoms with van der Waals surface area (Å²) in [6, 6.07) is 9.20. The molecule has 0 spiro atoms. The smallest absolute Gasteiger partial charge is 0.229 e. The van der Waals surface area contributed by atoms with Gasteiger partial charge in [0.1, 0.15) is 11.5 Å². The first-order chi connectivity index (χ1) is 14.8. The summed E-state index contributed by atoms with van der Waals surface area (Å²) in [6.45, 7) is 3.84. The van der Waals surface area contributed by atoms with Gasteiger partial charge in [-0.1, -0.05) is 6.07 Å². The van der Waals surface area contributed by atoms with Crippen LogP contribution in [0.2, 0.25) is 0 Å². The van der Waals surface area contributed by atoms with E-state index in [9.17, 15) is 4.39 Å². The molecular weight excluding hydrogens is 383 g/mol. The zero-order valence-corrected chi connectivity index (χ0v) is 16.1. The number of nitrogens with zero attached hydrogens (tertiary/aromatic N) is 6. The molecule has 0 aliphatic carbocycles. The zero-order valence-electron chi connectivity index (χ0n) is 16.1. The molecule has 9 heteroatoms. The first-order valence-corrected chi connectivity index (χ1v) is 9.69. The van der Waals surface area contributed by atoms with E-state index >= 15 is 0 Å². The van der Waals surface area contributed by atoms with E-state index in [0.29, 0.717) is 16.9 Å². The van der Waals surface area contributed by atoms with Gasteiger partial charge in [0.05, 0.1) is 29.1 Å². The molecule has 0 radical (unpaired) electrons. The van der Waals surface area contributed by atoms with Crippen LogP contribution >= 0.6 is 0 Å². The van der Waals surface area contributed by atoms with Gasteiger partial charge in [-0.2, -0.15) is 0 Å². The van der Waals surface area contributed by atoms with E-state index in [-0.39, 0.29) is 11.6 Å². The van der Waals surface area contributed by atoms with Crippen LogP contribution in [0.25, 0.3) is 22.3 Å². The van der Waals surface area contributed by atoms with E-state index < -0.39 is 5.82 Å². The van der Waals surface area contributed by atoms with Gasteiger partial charge in [0.2, 0.25) is 5.95 Å². The van der Waals surface area contributed by atoms with E-state index in [0.717, 1.165) is 43.6 Å². The van der Waals surface area contributed by atoms with Crippen molar-refractivity contribution in [3.05, 3.63) is 60.9 Å². The van der Waals surface area contributed by atoms with Crippen molar-refractivity contribution in [2.45, 2.75) is 0 Å². The van der Waals surface area contributed by atoms with Gasteiger partial charge in [0.25, 0.3) is 0 Å². The van der Waals surface area contributed by atoms with Gasteiger partial charge in [-0.15, -0.1) is 0 Å². The molecule has 0 unspecified atom stereocenters. The number of piperazine rings is 1. The number of fused-ring (bicyclic) bond motifs is 1. The molecule has 1 aliphatic heterocycles. The van der Waals surface area contributed by atoms with Crippen LogP contribution in [0, 0.1) is 5.82 Å². The summed E-state index contributed by atoms with van der Waals surface area (Å²) in [5.74, 6) is 0.356. The summed E-state index contributed by atoms with van der Waals surface area (Å²) in [6.07, 6.45) is 6.20. The third-order valence-corrected chi connectivity index (χ3v) is 4.96. The van der Waals surface area contributed by atoms with Crippen molar-refractivity contribution in [3.8, 4) is 11.3 Å². The molecule has 0 atom stereocenters. The number of benzene rings is 1. The number of rotatable bonds is 4. The lowest BCUT2D eigenvalue weighted by molar-refractivity contribution is 0.589. The van der Waals surface area contributed by atoms with Gasteiger partial charge in [-0.25, -0.2) is 19.3 Å². The highest BCUT2D eigenvalue weighted by Crippen LogP contribution is 2.25. The van der Waals surface area contributed by atoms with E-state index in [1.807, 2.05) is 18.3 Å². The maximum atomic E-state index is 14.4.